The molecule has 0 radical (unpaired) electrons. The monoisotopic (exact) mass is 959 g/mol. The van der Waals surface area contributed by atoms with E-state index in [1.807, 2.05) is 0 Å². The zero-order chi connectivity index (χ0) is 49.2. The third kappa shape index (κ3) is 57.2. The summed E-state index contributed by atoms with van der Waals surface area (Å²) in [6.45, 7) is 4.21. The molecule has 0 saturated carbocycles. The average Bonchev–Trinajstić information content (AvgIpc) is 3.34. The van der Waals surface area contributed by atoms with Crippen molar-refractivity contribution < 1.29 is 24.2 Å². The van der Waals surface area contributed by atoms with Crippen molar-refractivity contribution in [2.75, 3.05) is 13.2 Å². The fraction of sp³-hybridized carbons (Fsp3) is 0.937. The van der Waals surface area contributed by atoms with Crippen molar-refractivity contribution in [3.63, 3.8) is 0 Å². The summed E-state index contributed by atoms with van der Waals surface area (Å²) in [5.41, 5.74) is 0. The summed E-state index contributed by atoms with van der Waals surface area (Å²) in [6, 6.07) is 0. The number of aliphatic hydroxyl groups is 1. The van der Waals surface area contributed by atoms with Crippen molar-refractivity contribution >= 4 is 11.9 Å². The summed E-state index contributed by atoms with van der Waals surface area (Å²) in [5, 5.41) is 9.67. The molecule has 0 bridgehead atoms. The summed E-state index contributed by atoms with van der Waals surface area (Å²) in [4.78, 5) is 24.6. The lowest BCUT2D eigenvalue weighted by Gasteiger charge is -2.15. The van der Waals surface area contributed by atoms with Gasteiger partial charge >= 0.3 is 11.9 Å². The Morgan fingerprint density at radius 1 is 0.324 bits per heavy atom. The minimum Gasteiger partial charge on any atom is -0.462 e. The van der Waals surface area contributed by atoms with Crippen molar-refractivity contribution in [3.8, 4) is 0 Å². The van der Waals surface area contributed by atoms with E-state index in [4.69, 9.17) is 9.47 Å². The topological polar surface area (TPSA) is 72.8 Å². The van der Waals surface area contributed by atoms with Gasteiger partial charge in [0.25, 0.3) is 0 Å². The van der Waals surface area contributed by atoms with Gasteiger partial charge < -0.3 is 14.6 Å². The third-order valence-electron chi connectivity index (χ3n) is 14.6. The predicted molar refractivity (Wildman–Crippen MR) is 298 cm³/mol. The maximum Gasteiger partial charge on any atom is 0.306 e. The smallest absolute Gasteiger partial charge is 0.306 e. The third-order valence-corrected chi connectivity index (χ3v) is 14.6. The standard InChI is InChI=1S/C63H122O5/c1-3-5-7-9-11-13-15-17-19-21-23-25-27-28-29-30-31-32-33-34-36-38-40-42-44-46-48-50-52-54-56-58-63(66)68-61(59-64)60-67-62(65)57-55-53-51-49-47-45-43-41-39-37-35-26-24-22-20-18-16-14-12-10-8-6-4-2/h21,23,61,64H,3-20,22,24-60H2,1-2H3/b23-21-. The van der Waals surface area contributed by atoms with Crippen LogP contribution in [-0.4, -0.2) is 36.4 Å². The van der Waals surface area contributed by atoms with Crippen molar-refractivity contribution in [1.29, 1.82) is 0 Å². The van der Waals surface area contributed by atoms with Gasteiger partial charge in [0, 0.05) is 12.8 Å². The summed E-state index contributed by atoms with van der Waals surface area (Å²) in [7, 11) is 0. The van der Waals surface area contributed by atoms with Crippen molar-refractivity contribution in [3.05, 3.63) is 12.2 Å². The molecular formula is C63H122O5. The Hall–Kier alpha value is -1.36. The van der Waals surface area contributed by atoms with Crippen LogP contribution in [-0.2, 0) is 19.1 Å². The number of carbonyl (C=O) groups excluding carboxylic acids is 2. The van der Waals surface area contributed by atoms with Crippen LogP contribution in [0.5, 0.6) is 0 Å². The molecule has 0 amide bonds. The molecule has 1 atom stereocenters. The molecule has 0 aromatic rings. The van der Waals surface area contributed by atoms with Crippen LogP contribution in [0.15, 0.2) is 12.2 Å². The molecule has 0 aliphatic rings. The highest BCUT2D eigenvalue weighted by atomic mass is 16.6. The van der Waals surface area contributed by atoms with E-state index in [0.717, 1.165) is 32.1 Å². The van der Waals surface area contributed by atoms with Gasteiger partial charge in [-0.25, -0.2) is 0 Å². The van der Waals surface area contributed by atoms with E-state index in [2.05, 4.69) is 26.0 Å². The zero-order valence-corrected chi connectivity index (χ0v) is 46.4. The number of hydrogen-bond acceptors (Lipinski definition) is 5. The molecule has 0 aromatic carbocycles. The van der Waals surface area contributed by atoms with E-state index in [-0.39, 0.29) is 25.2 Å². The number of hydrogen-bond donors (Lipinski definition) is 1. The maximum absolute atomic E-state index is 12.3. The summed E-state index contributed by atoms with van der Waals surface area (Å²) < 4.78 is 10.7. The van der Waals surface area contributed by atoms with Crippen LogP contribution in [0.2, 0.25) is 0 Å². The van der Waals surface area contributed by atoms with Crippen molar-refractivity contribution in [2.45, 2.75) is 367 Å². The van der Waals surface area contributed by atoms with Crippen LogP contribution in [0.1, 0.15) is 361 Å². The highest BCUT2D eigenvalue weighted by Gasteiger charge is 2.16. The molecule has 0 rings (SSSR count). The fourth-order valence-electron chi connectivity index (χ4n) is 9.85. The average molecular weight is 960 g/mol. The van der Waals surface area contributed by atoms with Gasteiger partial charge in [0.15, 0.2) is 6.10 Å². The lowest BCUT2D eigenvalue weighted by atomic mass is 10.0. The van der Waals surface area contributed by atoms with E-state index < -0.39 is 6.10 Å². The first-order valence-electron chi connectivity index (χ1n) is 31.2. The number of allylic oxidation sites excluding steroid dienone is 2. The molecule has 0 fully saturated rings. The first-order chi connectivity index (χ1) is 33.6. The SMILES string of the molecule is CCCCCCCCCC/C=C\CCCCCCCCCCCCCCCCCCCCCC(=O)OC(CO)COC(=O)CCCCCCCCCCCCCCCCCCCCCCCCC. The second-order valence-corrected chi connectivity index (χ2v) is 21.5. The number of aliphatic hydroxyl groups excluding tert-OH is 1. The molecule has 68 heavy (non-hydrogen) atoms. The van der Waals surface area contributed by atoms with E-state index in [1.54, 1.807) is 0 Å². The molecule has 0 aromatic heterocycles. The van der Waals surface area contributed by atoms with Crippen LogP contribution >= 0.6 is 0 Å². The molecule has 5 heteroatoms. The molecule has 5 nitrogen and oxygen atoms in total. The first kappa shape index (κ1) is 66.6. The Morgan fingerprint density at radius 3 is 0.794 bits per heavy atom. The van der Waals surface area contributed by atoms with Crippen LogP contribution in [0.25, 0.3) is 0 Å². The summed E-state index contributed by atoms with van der Waals surface area (Å²) >= 11 is 0. The number of esters is 2. The molecule has 404 valence electrons. The second-order valence-electron chi connectivity index (χ2n) is 21.5. The van der Waals surface area contributed by atoms with E-state index in [9.17, 15) is 14.7 Å². The second kappa shape index (κ2) is 59.9. The quantitative estimate of drug-likeness (QED) is 0.0374. The van der Waals surface area contributed by atoms with Gasteiger partial charge in [-0.1, -0.05) is 321 Å². The largest absolute Gasteiger partial charge is 0.462 e. The number of carbonyl (C=O) groups is 2. The van der Waals surface area contributed by atoms with Crippen molar-refractivity contribution in [2.24, 2.45) is 0 Å². The summed E-state index contributed by atoms with van der Waals surface area (Å²) in [5.74, 6) is -0.564. The van der Waals surface area contributed by atoms with Gasteiger partial charge in [0.2, 0.25) is 0 Å². The molecule has 0 heterocycles. The van der Waals surface area contributed by atoms with Crippen LogP contribution < -0.4 is 0 Å². The summed E-state index contributed by atoms with van der Waals surface area (Å²) in [6.07, 6.45) is 75.0. The number of ether oxygens (including phenoxy) is 2. The maximum atomic E-state index is 12.3. The van der Waals surface area contributed by atoms with Gasteiger partial charge in [0.05, 0.1) is 6.61 Å². The minimum atomic E-state index is -0.766. The Kier molecular flexibility index (Phi) is 58.7. The Labute approximate surface area is 426 Å². The van der Waals surface area contributed by atoms with E-state index in [0.29, 0.717) is 12.8 Å². The Morgan fingerprint density at radius 2 is 0.544 bits per heavy atom. The predicted octanol–water partition coefficient (Wildman–Crippen LogP) is 21.1. The molecular weight excluding hydrogens is 837 g/mol. The van der Waals surface area contributed by atoms with Gasteiger partial charge in [-0.2, -0.15) is 0 Å². The van der Waals surface area contributed by atoms with Gasteiger partial charge in [-0.05, 0) is 38.5 Å². The molecule has 0 saturated heterocycles. The Balaban J connectivity index is 3.38. The lowest BCUT2D eigenvalue weighted by molar-refractivity contribution is -0.161. The molecule has 1 N–H and O–H groups in total. The minimum absolute atomic E-state index is 0.0569. The highest BCUT2D eigenvalue weighted by Crippen LogP contribution is 2.18. The lowest BCUT2D eigenvalue weighted by Crippen LogP contribution is -2.28. The van der Waals surface area contributed by atoms with Gasteiger partial charge in [0.1, 0.15) is 6.61 Å². The van der Waals surface area contributed by atoms with Crippen molar-refractivity contribution in [1.82, 2.24) is 0 Å². The molecule has 1 unspecified atom stereocenters. The molecule has 0 spiro atoms. The van der Waals surface area contributed by atoms with E-state index in [1.165, 1.54) is 302 Å². The molecule has 0 aliphatic heterocycles. The van der Waals surface area contributed by atoms with Gasteiger partial charge in [-0.15, -0.1) is 0 Å². The van der Waals surface area contributed by atoms with Crippen LogP contribution in [0.4, 0.5) is 0 Å². The van der Waals surface area contributed by atoms with Gasteiger partial charge in [-0.3, -0.25) is 9.59 Å². The van der Waals surface area contributed by atoms with Crippen LogP contribution in [0.3, 0.4) is 0 Å². The number of unbranched alkanes of at least 4 members (excludes halogenated alkanes) is 49. The normalized spacial score (nSPS) is 12.1. The molecule has 0 aliphatic carbocycles. The Bertz CT molecular complexity index is 994. The zero-order valence-electron chi connectivity index (χ0n) is 46.4. The number of rotatable bonds is 59. The highest BCUT2D eigenvalue weighted by molar-refractivity contribution is 5.70. The van der Waals surface area contributed by atoms with E-state index >= 15 is 0 Å². The first-order valence-corrected chi connectivity index (χ1v) is 31.2. The fourth-order valence-corrected chi connectivity index (χ4v) is 9.85. The van der Waals surface area contributed by atoms with Crippen LogP contribution in [0, 0.1) is 0 Å².